The molecule has 0 aromatic carbocycles. The zero-order chi connectivity index (χ0) is 13.2. The lowest BCUT2D eigenvalue weighted by molar-refractivity contribution is 0.310. The molecule has 0 N–H and O–H groups in total. The monoisotopic (exact) mass is 273 g/mol. The smallest absolute Gasteiger partial charge is 0.282 e. The molecular formula is C11H19N3O3S. The van der Waals surface area contributed by atoms with E-state index in [0.717, 1.165) is 19.3 Å². The van der Waals surface area contributed by atoms with Crippen LogP contribution < -0.4 is 0 Å². The van der Waals surface area contributed by atoms with Crippen LogP contribution in [-0.4, -0.2) is 42.3 Å². The molecule has 0 spiro atoms. The highest BCUT2D eigenvalue weighted by Gasteiger charge is 2.28. The number of hydrogen-bond acceptors (Lipinski definition) is 4. The fourth-order valence-corrected chi connectivity index (χ4v) is 3.50. The van der Waals surface area contributed by atoms with Crippen LogP contribution >= 0.6 is 0 Å². The third kappa shape index (κ3) is 2.90. The number of hydrogen-bond donors (Lipinski definition) is 0. The normalized spacial score (nSPS) is 18.4. The molecule has 0 radical (unpaired) electrons. The molecule has 1 aromatic rings. The summed E-state index contributed by atoms with van der Waals surface area (Å²) >= 11 is 0. The van der Waals surface area contributed by atoms with Gasteiger partial charge in [0.15, 0.2) is 0 Å². The molecule has 2 heterocycles. The highest BCUT2D eigenvalue weighted by Crippen LogP contribution is 2.17. The summed E-state index contributed by atoms with van der Waals surface area (Å²) < 4.78 is 32.4. The number of aryl methyl sites for hydroxylation is 1. The number of aromatic nitrogens is 1. The average molecular weight is 273 g/mol. The first kappa shape index (κ1) is 13.5. The van der Waals surface area contributed by atoms with Gasteiger partial charge in [0.1, 0.15) is 5.76 Å². The Hall–Kier alpha value is -0.920. The zero-order valence-corrected chi connectivity index (χ0v) is 11.6. The van der Waals surface area contributed by atoms with E-state index in [0.29, 0.717) is 24.5 Å². The fourth-order valence-electron chi connectivity index (χ4n) is 2.09. The van der Waals surface area contributed by atoms with E-state index in [1.165, 1.54) is 4.31 Å². The van der Waals surface area contributed by atoms with Crippen LogP contribution in [0.15, 0.2) is 10.6 Å². The molecule has 1 aliphatic heterocycles. The molecule has 0 saturated carbocycles. The third-order valence-electron chi connectivity index (χ3n) is 3.10. The Morgan fingerprint density at radius 1 is 1.39 bits per heavy atom. The fraction of sp³-hybridized carbons (Fsp3) is 0.727. The molecule has 1 fully saturated rings. The van der Waals surface area contributed by atoms with Crippen molar-refractivity contribution in [3.8, 4) is 0 Å². The molecule has 1 aliphatic rings. The summed E-state index contributed by atoms with van der Waals surface area (Å²) in [5.74, 6) is 0.689. The molecule has 0 aliphatic carbocycles. The zero-order valence-electron chi connectivity index (χ0n) is 10.8. The maximum Gasteiger partial charge on any atom is 0.282 e. The van der Waals surface area contributed by atoms with E-state index in [1.807, 2.05) is 0 Å². The molecule has 1 aromatic heterocycles. The topological polar surface area (TPSA) is 66.7 Å². The first-order valence-corrected chi connectivity index (χ1v) is 7.53. The van der Waals surface area contributed by atoms with Crippen molar-refractivity contribution in [2.45, 2.75) is 32.7 Å². The van der Waals surface area contributed by atoms with E-state index in [2.05, 4.69) is 5.16 Å². The van der Waals surface area contributed by atoms with E-state index in [9.17, 15) is 8.42 Å². The van der Waals surface area contributed by atoms with Crippen molar-refractivity contribution in [2.75, 3.05) is 20.1 Å². The lowest BCUT2D eigenvalue weighted by Crippen LogP contribution is -2.44. The molecule has 0 bridgehead atoms. The van der Waals surface area contributed by atoms with Gasteiger partial charge in [-0.1, -0.05) is 11.6 Å². The second-order valence-corrected chi connectivity index (χ2v) is 6.69. The Kier molecular flexibility index (Phi) is 4.04. The van der Waals surface area contributed by atoms with E-state index in [1.54, 1.807) is 24.3 Å². The maximum absolute atomic E-state index is 12.3. The van der Waals surface area contributed by atoms with Gasteiger partial charge in [0, 0.05) is 26.2 Å². The van der Waals surface area contributed by atoms with Crippen molar-refractivity contribution < 1.29 is 12.9 Å². The summed E-state index contributed by atoms with van der Waals surface area (Å²) in [6, 6.07) is 1.75. The van der Waals surface area contributed by atoms with Gasteiger partial charge in [0.25, 0.3) is 10.2 Å². The highest BCUT2D eigenvalue weighted by atomic mass is 32.2. The van der Waals surface area contributed by atoms with E-state index >= 15 is 0 Å². The molecule has 18 heavy (non-hydrogen) atoms. The summed E-state index contributed by atoms with van der Waals surface area (Å²) in [4.78, 5) is 0. The van der Waals surface area contributed by atoms with Crippen molar-refractivity contribution >= 4 is 10.2 Å². The van der Waals surface area contributed by atoms with Gasteiger partial charge in [-0.15, -0.1) is 0 Å². The second kappa shape index (κ2) is 5.38. The first-order valence-electron chi connectivity index (χ1n) is 6.14. The standard InChI is InChI=1S/C11H19N3O3S/c1-10-8-11(12-17-10)9-13(2)18(15,16)14-6-4-3-5-7-14/h8H,3-7,9H2,1-2H3. The van der Waals surface area contributed by atoms with Crippen molar-refractivity contribution in [2.24, 2.45) is 0 Å². The minimum atomic E-state index is -3.37. The lowest BCUT2D eigenvalue weighted by Gasteiger charge is -2.29. The Labute approximate surface area is 108 Å². The molecule has 2 rings (SSSR count). The van der Waals surface area contributed by atoms with Crippen molar-refractivity contribution in [3.63, 3.8) is 0 Å². The quantitative estimate of drug-likeness (QED) is 0.825. The van der Waals surface area contributed by atoms with Gasteiger partial charge >= 0.3 is 0 Å². The molecule has 102 valence electrons. The van der Waals surface area contributed by atoms with Gasteiger partial charge in [0.2, 0.25) is 0 Å². The van der Waals surface area contributed by atoms with Crippen molar-refractivity contribution in [1.29, 1.82) is 0 Å². The van der Waals surface area contributed by atoms with Crippen LogP contribution in [0.1, 0.15) is 30.7 Å². The Morgan fingerprint density at radius 3 is 2.61 bits per heavy atom. The summed E-state index contributed by atoms with van der Waals surface area (Å²) in [5, 5.41) is 3.81. The average Bonchev–Trinajstić information content (AvgIpc) is 2.76. The largest absolute Gasteiger partial charge is 0.361 e. The number of rotatable bonds is 4. The van der Waals surface area contributed by atoms with Crippen LogP contribution in [0.3, 0.4) is 0 Å². The number of nitrogens with zero attached hydrogens (tertiary/aromatic N) is 3. The van der Waals surface area contributed by atoms with E-state index < -0.39 is 10.2 Å². The van der Waals surface area contributed by atoms with Crippen LogP contribution in [0.4, 0.5) is 0 Å². The van der Waals surface area contributed by atoms with E-state index in [4.69, 9.17) is 4.52 Å². The molecule has 0 amide bonds. The van der Waals surface area contributed by atoms with Crippen LogP contribution in [-0.2, 0) is 16.8 Å². The molecule has 6 nitrogen and oxygen atoms in total. The van der Waals surface area contributed by atoms with Gasteiger partial charge in [-0.2, -0.15) is 17.0 Å². The Morgan fingerprint density at radius 2 is 2.06 bits per heavy atom. The predicted octanol–water partition coefficient (Wildman–Crippen LogP) is 1.15. The number of piperidine rings is 1. The summed E-state index contributed by atoms with van der Waals surface area (Å²) in [6.07, 6.45) is 2.99. The Balaban J connectivity index is 2.04. The molecule has 7 heteroatoms. The van der Waals surface area contributed by atoms with Crippen LogP contribution in [0.5, 0.6) is 0 Å². The highest BCUT2D eigenvalue weighted by molar-refractivity contribution is 7.86. The third-order valence-corrected chi connectivity index (χ3v) is 5.03. The Bertz CT molecular complexity index is 491. The maximum atomic E-state index is 12.3. The van der Waals surface area contributed by atoms with Crippen LogP contribution in [0, 0.1) is 6.92 Å². The molecule has 1 saturated heterocycles. The molecule has 0 atom stereocenters. The van der Waals surface area contributed by atoms with Crippen molar-refractivity contribution in [3.05, 3.63) is 17.5 Å². The molecular weight excluding hydrogens is 254 g/mol. The minimum absolute atomic E-state index is 0.246. The lowest BCUT2D eigenvalue weighted by atomic mass is 10.2. The second-order valence-electron chi connectivity index (χ2n) is 4.65. The predicted molar refractivity (Wildman–Crippen MR) is 67.1 cm³/mol. The first-order chi connectivity index (χ1) is 8.50. The van der Waals surface area contributed by atoms with Crippen LogP contribution in [0.2, 0.25) is 0 Å². The van der Waals surface area contributed by atoms with Gasteiger partial charge < -0.3 is 4.52 Å². The summed E-state index contributed by atoms with van der Waals surface area (Å²) in [6.45, 7) is 3.26. The SMILES string of the molecule is Cc1cc(CN(C)S(=O)(=O)N2CCCCC2)no1. The summed E-state index contributed by atoms with van der Waals surface area (Å²) in [5.41, 5.74) is 0.635. The van der Waals surface area contributed by atoms with Gasteiger partial charge in [-0.05, 0) is 19.8 Å². The van der Waals surface area contributed by atoms with Crippen LogP contribution in [0.25, 0.3) is 0 Å². The minimum Gasteiger partial charge on any atom is -0.361 e. The van der Waals surface area contributed by atoms with Gasteiger partial charge in [0.05, 0.1) is 12.2 Å². The molecule has 0 unspecified atom stereocenters. The van der Waals surface area contributed by atoms with Crippen molar-refractivity contribution in [1.82, 2.24) is 13.8 Å². The summed E-state index contributed by atoms with van der Waals surface area (Å²) in [7, 11) is -1.79. The van der Waals surface area contributed by atoms with Gasteiger partial charge in [-0.25, -0.2) is 0 Å². The van der Waals surface area contributed by atoms with Gasteiger partial charge in [-0.3, -0.25) is 0 Å². The van der Waals surface area contributed by atoms with E-state index in [-0.39, 0.29) is 6.54 Å².